The molecular weight excluding hydrogens is 283 g/mol. The molecule has 0 aliphatic carbocycles. The lowest BCUT2D eigenvalue weighted by Gasteiger charge is -2.05. The van der Waals surface area contributed by atoms with Crippen molar-refractivity contribution in [3.05, 3.63) is 71.4 Å². The minimum Gasteiger partial charge on any atom is -0.346 e. The van der Waals surface area contributed by atoms with Gasteiger partial charge in [0.15, 0.2) is 0 Å². The average Bonchev–Trinajstić information content (AvgIpc) is 2.91. The summed E-state index contributed by atoms with van der Waals surface area (Å²) in [5.41, 5.74) is 2.44. The Kier molecular flexibility index (Phi) is 3.67. The van der Waals surface area contributed by atoms with Gasteiger partial charge >= 0.3 is 0 Å². The summed E-state index contributed by atoms with van der Waals surface area (Å²) in [6, 6.07) is 18.3. The molecule has 0 amide bonds. The highest BCUT2D eigenvalue weighted by Gasteiger charge is 2.15. The van der Waals surface area contributed by atoms with Crippen LogP contribution in [0.15, 0.2) is 60.0 Å². The number of thiophene rings is 1. The third kappa shape index (κ3) is 2.64. The van der Waals surface area contributed by atoms with Crippen molar-refractivity contribution in [2.75, 3.05) is 5.32 Å². The molecule has 1 heterocycles. The summed E-state index contributed by atoms with van der Waals surface area (Å²) in [6.45, 7) is 0. The fraction of sp³-hybridized carbons (Fsp3) is 0. The van der Waals surface area contributed by atoms with E-state index in [9.17, 15) is 9.65 Å². The lowest BCUT2D eigenvalue weighted by molar-refractivity contribution is 0.631. The number of nitrogens with one attached hydrogen (secondary N) is 1. The first-order valence-electron chi connectivity index (χ1n) is 6.38. The van der Waals surface area contributed by atoms with Crippen LogP contribution in [0.5, 0.6) is 0 Å². The molecule has 21 heavy (non-hydrogen) atoms. The summed E-state index contributed by atoms with van der Waals surface area (Å²) in [5, 5.41) is 15.2. The van der Waals surface area contributed by atoms with Crippen molar-refractivity contribution >= 4 is 22.0 Å². The van der Waals surface area contributed by atoms with Crippen LogP contribution in [0, 0.1) is 17.1 Å². The smallest absolute Gasteiger partial charge is 0.131 e. The van der Waals surface area contributed by atoms with Gasteiger partial charge in [0.2, 0.25) is 0 Å². The first kappa shape index (κ1) is 13.3. The summed E-state index contributed by atoms with van der Waals surface area (Å²) in [5.74, 6) is -0.321. The lowest BCUT2D eigenvalue weighted by Crippen LogP contribution is -1.91. The van der Waals surface area contributed by atoms with Crippen molar-refractivity contribution in [3.63, 3.8) is 0 Å². The Morgan fingerprint density at radius 2 is 1.67 bits per heavy atom. The second-order valence-electron chi connectivity index (χ2n) is 4.44. The van der Waals surface area contributed by atoms with Crippen LogP contribution in [-0.4, -0.2) is 0 Å². The van der Waals surface area contributed by atoms with Crippen molar-refractivity contribution < 1.29 is 4.39 Å². The molecule has 102 valence electrons. The maximum atomic E-state index is 13.9. The first-order valence-corrected chi connectivity index (χ1v) is 7.26. The normalized spacial score (nSPS) is 10.1. The second-order valence-corrected chi connectivity index (χ2v) is 5.32. The number of para-hydroxylation sites is 1. The third-order valence-electron chi connectivity index (χ3n) is 3.10. The summed E-state index contributed by atoms with van der Waals surface area (Å²) in [7, 11) is 0. The highest BCUT2D eigenvalue weighted by atomic mass is 32.1. The zero-order chi connectivity index (χ0) is 14.7. The van der Waals surface area contributed by atoms with E-state index >= 15 is 0 Å². The van der Waals surface area contributed by atoms with Gasteiger partial charge in [0, 0.05) is 22.2 Å². The molecular formula is C17H11FN2S. The molecule has 0 aliphatic heterocycles. The molecule has 0 atom stereocenters. The number of hydrogen-bond donors (Lipinski definition) is 1. The van der Waals surface area contributed by atoms with Crippen molar-refractivity contribution in [1.82, 2.24) is 0 Å². The predicted molar refractivity (Wildman–Crippen MR) is 84.2 cm³/mol. The topological polar surface area (TPSA) is 35.8 Å². The third-order valence-corrected chi connectivity index (χ3v) is 3.99. The van der Waals surface area contributed by atoms with Gasteiger partial charge in [-0.15, -0.1) is 11.3 Å². The molecule has 0 saturated carbocycles. The van der Waals surface area contributed by atoms with Crippen LogP contribution in [-0.2, 0) is 0 Å². The van der Waals surface area contributed by atoms with Gasteiger partial charge in [0.25, 0.3) is 0 Å². The van der Waals surface area contributed by atoms with E-state index in [4.69, 9.17) is 0 Å². The molecule has 0 fully saturated rings. The molecule has 1 N–H and O–H groups in total. The van der Waals surface area contributed by atoms with Gasteiger partial charge in [0.05, 0.1) is 5.56 Å². The number of hydrogen-bond acceptors (Lipinski definition) is 3. The van der Waals surface area contributed by atoms with Crippen LogP contribution in [0.25, 0.3) is 11.1 Å². The molecule has 4 heteroatoms. The van der Waals surface area contributed by atoms with E-state index in [0.29, 0.717) is 16.7 Å². The van der Waals surface area contributed by atoms with Crippen molar-refractivity contribution in [2.24, 2.45) is 0 Å². The van der Waals surface area contributed by atoms with Gasteiger partial charge in [-0.25, -0.2) is 4.39 Å². The molecule has 2 aromatic carbocycles. The number of nitriles is 1. The summed E-state index contributed by atoms with van der Waals surface area (Å²) >= 11 is 1.40. The SMILES string of the molecule is N#Cc1c(-c2ccccc2F)csc1Nc1ccccc1. The Hall–Kier alpha value is -2.64. The number of benzene rings is 2. The quantitative estimate of drug-likeness (QED) is 0.723. The summed E-state index contributed by atoms with van der Waals surface area (Å²) < 4.78 is 13.9. The van der Waals surface area contributed by atoms with Gasteiger partial charge in [-0.05, 0) is 18.2 Å². The zero-order valence-corrected chi connectivity index (χ0v) is 11.8. The Bertz CT molecular complexity index is 803. The Morgan fingerprint density at radius 3 is 2.38 bits per heavy atom. The largest absolute Gasteiger partial charge is 0.346 e. The molecule has 2 nitrogen and oxygen atoms in total. The molecule has 0 aliphatic rings. The maximum absolute atomic E-state index is 13.9. The standard InChI is InChI=1S/C17H11FN2S/c18-16-9-5-4-8-13(16)15-11-21-17(14(15)10-19)20-12-6-2-1-3-7-12/h1-9,11,20H. The van der Waals surface area contributed by atoms with Crippen LogP contribution in [0.2, 0.25) is 0 Å². The Morgan fingerprint density at radius 1 is 0.952 bits per heavy atom. The molecule has 0 saturated heterocycles. The highest BCUT2D eigenvalue weighted by molar-refractivity contribution is 7.15. The molecule has 3 rings (SSSR count). The van der Waals surface area contributed by atoms with Gasteiger partial charge in [-0.2, -0.15) is 5.26 Å². The van der Waals surface area contributed by atoms with E-state index < -0.39 is 0 Å². The fourth-order valence-electron chi connectivity index (χ4n) is 2.09. The van der Waals surface area contributed by atoms with Crippen molar-refractivity contribution in [3.8, 4) is 17.2 Å². The molecule has 1 aromatic heterocycles. The number of anilines is 2. The maximum Gasteiger partial charge on any atom is 0.131 e. The van der Waals surface area contributed by atoms with Crippen molar-refractivity contribution in [1.29, 1.82) is 5.26 Å². The van der Waals surface area contributed by atoms with Gasteiger partial charge < -0.3 is 5.32 Å². The highest BCUT2D eigenvalue weighted by Crippen LogP contribution is 2.37. The van der Waals surface area contributed by atoms with Gasteiger partial charge in [-0.1, -0.05) is 36.4 Å². The van der Waals surface area contributed by atoms with Crippen LogP contribution >= 0.6 is 11.3 Å². The monoisotopic (exact) mass is 294 g/mol. The van der Waals surface area contributed by atoms with Crippen LogP contribution in [0.3, 0.4) is 0 Å². The number of halogens is 1. The van der Waals surface area contributed by atoms with E-state index in [1.165, 1.54) is 17.4 Å². The molecule has 0 spiro atoms. The number of rotatable bonds is 3. The minimum absolute atomic E-state index is 0.321. The molecule has 0 bridgehead atoms. The van der Waals surface area contributed by atoms with E-state index in [2.05, 4.69) is 11.4 Å². The minimum atomic E-state index is -0.321. The molecule has 3 aromatic rings. The van der Waals surface area contributed by atoms with Gasteiger partial charge in [0.1, 0.15) is 16.9 Å². The molecule has 0 radical (unpaired) electrons. The average molecular weight is 294 g/mol. The first-order chi connectivity index (χ1) is 10.3. The van der Waals surface area contributed by atoms with E-state index in [1.807, 2.05) is 35.7 Å². The van der Waals surface area contributed by atoms with Crippen LogP contribution < -0.4 is 5.32 Å². The van der Waals surface area contributed by atoms with E-state index in [-0.39, 0.29) is 5.82 Å². The van der Waals surface area contributed by atoms with Crippen LogP contribution in [0.4, 0.5) is 15.1 Å². The number of nitrogens with zero attached hydrogens (tertiary/aromatic N) is 1. The Balaban J connectivity index is 2.03. The summed E-state index contributed by atoms with van der Waals surface area (Å²) in [6.07, 6.45) is 0. The zero-order valence-electron chi connectivity index (χ0n) is 11.0. The lowest BCUT2D eigenvalue weighted by atomic mass is 10.0. The van der Waals surface area contributed by atoms with E-state index in [0.717, 1.165) is 10.7 Å². The van der Waals surface area contributed by atoms with E-state index in [1.54, 1.807) is 18.2 Å². The fourth-order valence-corrected chi connectivity index (χ4v) is 3.02. The van der Waals surface area contributed by atoms with Crippen LogP contribution in [0.1, 0.15) is 5.56 Å². The predicted octanol–water partition coefficient (Wildman–Crippen LogP) is 5.17. The van der Waals surface area contributed by atoms with Crippen molar-refractivity contribution in [2.45, 2.75) is 0 Å². The Labute approximate surface area is 126 Å². The summed E-state index contributed by atoms with van der Waals surface area (Å²) in [4.78, 5) is 0. The van der Waals surface area contributed by atoms with Gasteiger partial charge in [-0.3, -0.25) is 0 Å². The molecule has 0 unspecified atom stereocenters. The second kappa shape index (κ2) is 5.78.